The fraction of sp³-hybridized carbons (Fsp3) is 0.0345. The lowest BCUT2D eigenvalue weighted by molar-refractivity contribution is -0.384. The Labute approximate surface area is 226 Å². The Morgan fingerprint density at radius 2 is 1.72 bits per heavy atom. The molecular formula is C29H20N6O3S. The molecule has 0 saturated carbocycles. The Bertz CT molecular complexity index is 1780. The number of carbonyl (C=O) groups excluding carboxylic acids is 1. The Kier molecular flexibility index (Phi) is 6.36. The Balaban J connectivity index is 1.27. The maximum absolute atomic E-state index is 13.2. The predicted octanol–water partition coefficient (Wildman–Crippen LogP) is 6.30. The zero-order valence-corrected chi connectivity index (χ0v) is 21.2. The molecule has 3 aromatic carbocycles. The highest BCUT2D eigenvalue weighted by Crippen LogP contribution is 2.31. The van der Waals surface area contributed by atoms with Gasteiger partial charge in [0.15, 0.2) is 0 Å². The van der Waals surface area contributed by atoms with E-state index in [1.54, 1.807) is 46.7 Å². The first-order chi connectivity index (χ1) is 19.0. The third-order valence-corrected chi connectivity index (χ3v) is 7.16. The van der Waals surface area contributed by atoms with E-state index in [9.17, 15) is 14.9 Å². The maximum atomic E-state index is 13.2. The molecule has 0 atom stereocenters. The molecule has 0 bridgehead atoms. The largest absolute Gasteiger partial charge is 0.324 e. The van der Waals surface area contributed by atoms with E-state index in [1.807, 2.05) is 60.7 Å². The molecule has 1 N–H and O–H groups in total. The fourth-order valence-electron chi connectivity index (χ4n) is 4.24. The third kappa shape index (κ3) is 5.13. The Morgan fingerprint density at radius 3 is 2.49 bits per heavy atom. The van der Waals surface area contributed by atoms with Crippen LogP contribution in [0.3, 0.4) is 0 Å². The fourth-order valence-corrected chi connectivity index (χ4v) is 5.18. The first-order valence-corrected chi connectivity index (χ1v) is 12.8. The number of benzene rings is 3. The van der Waals surface area contributed by atoms with Gasteiger partial charge in [-0.3, -0.25) is 19.9 Å². The summed E-state index contributed by atoms with van der Waals surface area (Å²) in [5.74, 6) is -0.242. The average molecular weight is 533 g/mol. The average Bonchev–Trinajstić information content (AvgIpc) is 3.58. The van der Waals surface area contributed by atoms with Crippen LogP contribution in [0.1, 0.15) is 5.56 Å². The maximum Gasteiger partial charge on any atom is 0.269 e. The molecule has 0 unspecified atom stereocenters. The Hall–Kier alpha value is -5.22. The number of fused-ring (bicyclic) bond motifs is 1. The summed E-state index contributed by atoms with van der Waals surface area (Å²) in [7, 11) is 0. The van der Waals surface area contributed by atoms with E-state index in [4.69, 9.17) is 5.10 Å². The number of nitrogens with zero attached hydrogens (tertiary/aromatic N) is 5. The van der Waals surface area contributed by atoms with Gasteiger partial charge >= 0.3 is 0 Å². The van der Waals surface area contributed by atoms with Crippen molar-refractivity contribution in [2.45, 2.75) is 6.42 Å². The van der Waals surface area contributed by atoms with E-state index in [-0.39, 0.29) is 18.0 Å². The minimum absolute atomic E-state index is 0.0129. The van der Waals surface area contributed by atoms with E-state index in [0.29, 0.717) is 22.5 Å². The van der Waals surface area contributed by atoms with Crippen molar-refractivity contribution >= 4 is 38.8 Å². The molecule has 0 radical (unpaired) electrons. The number of pyridine rings is 1. The van der Waals surface area contributed by atoms with Gasteiger partial charge in [0, 0.05) is 41.2 Å². The van der Waals surface area contributed by atoms with Crippen LogP contribution in [-0.4, -0.2) is 30.6 Å². The van der Waals surface area contributed by atoms with Crippen LogP contribution in [0.25, 0.3) is 37.7 Å². The van der Waals surface area contributed by atoms with Gasteiger partial charge in [-0.25, -0.2) is 9.67 Å². The van der Waals surface area contributed by atoms with Crippen molar-refractivity contribution in [3.8, 4) is 27.5 Å². The van der Waals surface area contributed by atoms with Crippen molar-refractivity contribution in [1.29, 1.82) is 0 Å². The number of rotatable bonds is 7. The highest BCUT2D eigenvalue weighted by molar-refractivity contribution is 7.21. The third-order valence-electron chi connectivity index (χ3n) is 6.08. The number of anilines is 1. The van der Waals surface area contributed by atoms with Crippen molar-refractivity contribution in [2.24, 2.45) is 0 Å². The summed E-state index contributed by atoms with van der Waals surface area (Å²) in [5, 5.41) is 19.6. The summed E-state index contributed by atoms with van der Waals surface area (Å²) in [6, 6.07) is 25.5. The van der Waals surface area contributed by atoms with Crippen LogP contribution in [0.4, 0.5) is 11.4 Å². The summed E-state index contributed by atoms with van der Waals surface area (Å²) in [6.45, 7) is 0. The number of non-ortho nitro benzene ring substituents is 1. The van der Waals surface area contributed by atoms with Crippen LogP contribution in [0.15, 0.2) is 104 Å². The van der Waals surface area contributed by atoms with E-state index in [0.717, 1.165) is 26.5 Å². The molecule has 3 heterocycles. The van der Waals surface area contributed by atoms with E-state index < -0.39 is 4.92 Å². The normalized spacial score (nSPS) is 11.0. The van der Waals surface area contributed by atoms with Crippen LogP contribution in [0.2, 0.25) is 0 Å². The van der Waals surface area contributed by atoms with Crippen LogP contribution < -0.4 is 5.32 Å². The minimum atomic E-state index is -0.447. The number of hydrogen-bond donors (Lipinski definition) is 1. The topological polar surface area (TPSA) is 116 Å². The number of aromatic nitrogens is 4. The van der Waals surface area contributed by atoms with Crippen LogP contribution in [-0.2, 0) is 11.2 Å². The molecule has 39 heavy (non-hydrogen) atoms. The second-order valence-corrected chi connectivity index (χ2v) is 9.79. The number of para-hydroxylation sites is 2. The number of nitrogens with one attached hydrogen (secondary N) is 1. The van der Waals surface area contributed by atoms with Gasteiger partial charge in [-0.2, -0.15) is 5.10 Å². The smallest absolute Gasteiger partial charge is 0.269 e. The second-order valence-electron chi connectivity index (χ2n) is 8.76. The first-order valence-electron chi connectivity index (χ1n) is 12.0. The molecular weight excluding hydrogens is 512 g/mol. The van der Waals surface area contributed by atoms with Crippen LogP contribution >= 0.6 is 11.3 Å². The monoisotopic (exact) mass is 532 g/mol. The van der Waals surface area contributed by atoms with Gasteiger partial charge in [0.1, 0.15) is 5.01 Å². The number of carbonyl (C=O) groups is 1. The second kappa shape index (κ2) is 10.3. The van der Waals surface area contributed by atoms with Gasteiger partial charge in [-0.15, -0.1) is 11.3 Å². The van der Waals surface area contributed by atoms with E-state index >= 15 is 0 Å². The van der Waals surface area contributed by atoms with E-state index in [1.165, 1.54) is 12.1 Å². The number of nitro benzene ring substituents is 1. The highest BCUT2D eigenvalue weighted by atomic mass is 32.1. The zero-order chi connectivity index (χ0) is 26.8. The number of amides is 1. The zero-order valence-electron chi connectivity index (χ0n) is 20.4. The molecule has 9 nitrogen and oxygen atoms in total. The van der Waals surface area contributed by atoms with E-state index in [2.05, 4.69) is 15.3 Å². The van der Waals surface area contributed by atoms with Crippen molar-refractivity contribution in [1.82, 2.24) is 19.7 Å². The lowest BCUT2D eigenvalue weighted by Gasteiger charge is -2.06. The van der Waals surface area contributed by atoms with Gasteiger partial charge in [-0.1, -0.05) is 30.3 Å². The predicted molar refractivity (Wildman–Crippen MR) is 151 cm³/mol. The number of nitro groups is 1. The number of hydrogen-bond acceptors (Lipinski definition) is 7. The van der Waals surface area contributed by atoms with Gasteiger partial charge in [0.05, 0.1) is 44.8 Å². The van der Waals surface area contributed by atoms with Crippen LogP contribution in [0, 0.1) is 10.1 Å². The molecule has 3 aromatic heterocycles. The van der Waals surface area contributed by atoms with Crippen molar-refractivity contribution in [3.05, 3.63) is 119 Å². The van der Waals surface area contributed by atoms with Gasteiger partial charge in [0.25, 0.3) is 5.69 Å². The van der Waals surface area contributed by atoms with Gasteiger partial charge in [-0.05, 0) is 42.5 Å². The molecule has 6 aromatic rings. The Morgan fingerprint density at radius 1 is 0.949 bits per heavy atom. The molecule has 0 fully saturated rings. The van der Waals surface area contributed by atoms with Crippen molar-refractivity contribution in [2.75, 3.05) is 5.32 Å². The molecule has 0 aliphatic rings. The van der Waals surface area contributed by atoms with Gasteiger partial charge in [0.2, 0.25) is 5.91 Å². The SMILES string of the molecule is O=C(Cc1cn(-c2ccccc2)nc1-c1ccc([N+](=O)[O-])cc1)Nc1cncc(-c2nc3ccccc3s2)c1. The first kappa shape index (κ1) is 24.1. The number of thiazole rings is 1. The molecule has 10 heteroatoms. The summed E-state index contributed by atoms with van der Waals surface area (Å²) >= 11 is 1.57. The summed E-state index contributed by atoms with van der Waals surface area (Å²) in [5.41, 5.74) is 5.05. The standard InChI is InChI=1S/C29H20N6O3S/c36-27(31-22-14-20(16-30-17-22)29-32-25-8-4-5-9-26(25)39-29)15-21-18-34(23-6-2-1-3-7-23)33-28(21)19-10-12-24(13-11-19)35(37)38/h1-14,16-18H,15H2,(H,31,36). The molecule has 1 amide bonds. The highest BCUT2D eigenvalue weighted by Gasteiger charge is 2.17. The molecule has 0 saturated heterocycles. The summed E-state index contributed by atoms with van der Waals surface area (Å²) < 4.78 is 2.78. The van der Waals surface area contributed by atoms with Gasteiger partial charge < -0.3 is 5.32 Å². The van der Waals surface area contributed by atoms with Crippen LogP contribution in [0.5, 0.6) is 0 Å². The van der Waals surface area contributed by atoms with Crippen molar-refractivity contribution < 1.29 is 9.72 Å². The van der Waals surface area contributed by atoms with Crippen molar-refractivity contribution in [3.63, 3.8) is 0 Å². The molecule has 0 spiro atoms. The molecule has 190 valence electrons. The molecule has 0 aliphatic heterocycles. The quantitative estimate of drug-likeness (QED) is 0.191. The molecule has 6 rings (SSSR count). The lowest BCUT2D eigenvalue weighted by atomic mass is 10.1. The molecule has 0 aliphatic carbocycles. The lowest BCUT2D eigenvalue weighted by Crippen LogP contribution is -2.14. The summed E-state index contributed by atoms with van der Waals surface area (Å²) in [6.07, 6.45) is 5.18. The summed E-state index contributed by atoms with van der Waals surface area (Å²) in [4.78, 5) is 32.8. The minimum Gasteiger partial charge on any atom is -0.324 e.